The van der Waals surface area contributed by atoms with Crippen molar-refractivity contribution < 1.29 is 9.53 Å². The molecule has 0 aromatic carbocycles. The third kappa shape index (κ3) is 9.34. The Morgan fingerprint density at radius 2 is 1.93 bits per heavy atom. The molecule has 1 aromatic heterocycles. The Morgan fingerprint density at radius 3 is 2.47 bits per heavy atom. The summed E-state index contributed by atoms with van der Waals surface area (Å²) in [7, 11) is 1.77. The van der Waals surface area contributed by atoms with Crippen LogP contribution in [-0.4, -0.2) is 78.8 Å². The molecule has 0 atom stereocenters. The predicted octanol–water partition coefficient (Wildman–Crippen LogP) is 3.10. The minimum Gasteiger partial charge on any atom is -0.444 e. The molecule has 1 saturated heterocycles. The van der Waals surface area contributed by atoms with Crippen molar-refractivity contribution in [2.45, 2.75) is 52.7 Å². The number of hydrogen-bond acceptors (Lipinski definition) is 6. The van der Waals surface area contributed by atoms with Crippen molar-refractivity contribution in [1.82, 2.24) is 25.4 Å². The Morgan fingerprint density at radius 1 is 1.27 bits per heavy atom. The lowest BCUT2D eigenvalue weighted by atomic mass is 10.2. The van der Waals surface area contributed by atoms with E-state index in [0.717, 1.165) is 42.8 Å². The smallest absolute Gasteiger partial charge is 0.410 e. The van der Waals surface area contributed by atoms with Crippen molar-refractivity contribution in [2.75, 3.05) is 46.3 Å². The van der Waals surface area contributed by atoms with Gasteiger partial charge in [0.05, 0.1) is 12.2 Å². The SMILES string of the molecule is CN=C(NCCN1CCN(C(=O)OC(C)(C)C)CC1)NCc1nc(C(C)C)cs1.I. The van der Waals surface area contributed by atoms with Gasteiger partial charge in [0.25, 0.3) is 0 Å². The van der Waals surface area contributed by atoms with Gasteiger partial charge in [-0.25, -0.2) is 9.78 Å². The molecule has 1 fully saturated rings. The first-order valence-corrected chi connectivity index (χ1v) is 11.1. The van der Waals surface area contributed by atoms with Crippen molar-refractivity contribution in [3.63, 3.8) is 0 Å². The molecule has 0 spiro atoms. The Kier molecular flexibility index (Phi) is 11.3. The maximum absolute atomic E-state index is 12.1. The molecule has 0 bridgehead atoms. The molecule has 1 aliphatic rings. The number of piperazine rings is 1. The fourth-order valence-electron chi connectivity index (χ4n) is 2.86. The molecule has 8 nitrogen and oxygen atoms in total. The van der Waals surface area contributed by atoms with Crippen LogP contribution in [0.2, 0.25) is 0 Å². The van der Waals surface area contributed by atoms with E-state index in [2.05, 4.69) is 44.7 Å². The Hall–Kier alpha value is -1.14. The van der Waals surface area contributed by atoms with Crippen LogP contribution in [0.25, 0.3) is 0 Å². The summed E-state index contributed by atoms with van der Waals surface area (Å²) in [6.07, 6.45) is -0.220. The molecule has 0 saturated carbocycles. The first-order chi connectivity index (χ1) is 13.7. The molecule has 0 radical (unpaired) electrons. The van der Waals surface area contributed by atoms with Gasteiger partial charge in [-0.3, -0.25) is 9.89 Å². The van der Waals surface area contributed by atoms with E-state index in [-0.39, 0.29) is 30.1 Å². The number of guanidine groups is 1. The monoisotopic (exact) mass is 552 g/mol. The summed E-state index contributed by atoms with van der Waals surface area (Å²) in [5.74, 6) is 1.23. The molecule has 0 unspecified atom stereocenters. The van der Waals surface area contributed by atoms with Crippen LogP contribution in [0.4, 0.5) is 4.79 Å². The Balaban J connectivity index is 0.00000450. The summed E-state index contributed by atoms with van der Waals surface area (Å²) in [6, 6.07) is 0. The van der Waals surface area contributed by atoms with E-state index in [1.54, 1.807) is 23.3 Å². The third-order valence-electron chi connectivity index (χ3n) is 4.54. The lowest BCUT2D eigenvalue weighted by molar-refractivity contribution is 0.0147. The van der Waals surface area contributed by atoms with Crippen molar-refractivity contribution in [3.8, 4) is 0 Å². The van der Waals surface area contributed by atoms with Gasteiger partial charge in [0.1, 0.15) is 10.6 Å². The van der Waals surface area contributed by atoms with Crippen LogP contribution in [0.5, 0.6) is 0 Å². The minimum atomic E-state index is -0.448. The number of thiazole rings is 1. The highest BCUT2D eigenvalue weighted by atomic mass is 127. The van der Waals surface area contributed by atoms with Gasteiger partial charge in [0.15, 0.2) is 5.96 Å². The molecule has 1 aliphatic heterocycles. The molecular formula is C20H37IN6O2S. The molecule has 172 valence electrons. The van der Waals surface area contributed by atoms with Crippen molar-refractivity contribution in [3.05, 3.63) is 16.1 Å². The number of carbonyl (C=O) groups excluding carboxylic acids is 1. The average Bonchev–Trinajstić information content (AvgIpc) is 3.13. The topological polar surface area (TPSA) is 82.1 Å². The fraction of sp³-hybridized carbons (Fsp3) is 0.750. The number of rotatable bonds is 6. The van der Waals surface area contributed by atoms with Crippen LogP contribution in [0.3, 0.4) is 0 Å². The van der Waals surface area contributed by atoms with E-state index in [4.69, 9.17) is 4.74 Å². The fourth-order valence-corrected chi connectivity index (χ4v) is 3.76. The van der Waals surface area contributed by atoms with Gasteiger partial charge >= 0.3 is 6.09 Å². The highest BCUT2D eigenvalue weighted by molar-refractivity contribution is 14.0. The van der Waals surface area contributed by atoms with Crippen LogP contribution in [0.1, 0.15) is 51.2 Å². The van der Waals surface area contributed by atoms with E-state index < -0.39 is 5.60 Å². The lowest BCUT2D eigenvalue weighted by Crippen LogP contribution is -2.51. The maximum atomic E-state index is 12.1. The van der Waals surface area contributed by atoms with Crippen molar-refractivity contribution in [2.24, 2.45) is 4.99 Å². The zero-order valence-corrected chi connectivity index (χ0v) is 22.2. The highest BCUT2D eigenvalue weighted by Crippen LogP contribution is 2.17. The molecule has 2 heterocycles. The molecule has 30 heavy (non-hydrogen) atoms. The van der Waals surface area contributed by atoms with E-state index in [1.165, 1.54) is 0 Å². The second-order valence-electron chi connectivity index (χ2n) is 8.48. The summed E-state index contributed by atoms with van der Waals surface area (Å²) < 4.78 is 5.45. The largest absolute Gasteiger partial charge is 0.444 e. The second-order valence-corrected chi connectivity index (χ2v) is 9.43. The molecule has 1 amide bonds. The normalized spacial score (nSPS) is 15.7. The van der Waals surface area contributed by atoms with Crippen molar-refractivity contribution in [1.29, 1.82) is 0 Å². The quantitative estimate of drug-likeness (QED) is 0.321. The minimum absolute atomic E-state index is 0. The molecule has 0 aliphatic carbocycles. The van der Waals surface area contributed by atoms with E-state index in [1.807, 2.05) is 20.8 Å². The number of ether oxygens (including phenoxy) is 1. The summed E-state index contributed by atoms with van der Waals surface area (Å²) in [5, 5.41) is 9.85. The first kappa shape index (κ1) is 26.9. The number of hydrogen-bond donors (Lipinski definition) is 2. The number of carbonyl (C=O) groups is 1. The molecule has 2 rings (SSSR count). The maximum Gasteiger partial charge on any atom is 0.410 e. The van der Waals surface area contributed by atoms with E-state index >= 15 is 0 Å². The second kappa shape index (κ2) is 12.7. The molecule has 2 N–H and O–H groups in total. The van der Waals surface area contributed by atoms with Gasteiger partial charge in [-0.1, -0.05) is 13.8 Å². The van der Waals surface area contributed by atoms with Gasteiger partial charge in [0.2, 0.25) is 0 Å². The Bertz CT molecular complexity index is 681. The summed E-state index contributed by atoms with van der Waals surface area (Å²) in [6.45, 7) is 15.5. The number of aliphatic imine (C=N–C) groups is 1. The van der Waals surface area contributed by atoms with E-state index in [0.29, 0.717) is 25.6 Å². The van der Waals surface area contributed by atoms with Gasteiger partial charge in [0, 0.05) is 51.7 Å². The zero-order chi connectivity index (χ0) is 21.4. The standard InChI is InChI=1S/C20H36N6O2S.HI/c1-15(2)16-14-29-17(24-16)13-23-18(21-6)22-7-8-25-9-11-26(12-10-25)19(27)28-20(3,4)5;/h14-15H,7-13H2,1-6H3,(H2,21,22,23);1H. The molecule has 10 heteroatoms. The number of halogens is 1. The molecular weight excluding hydrogens is 515 g/mol. The third-order valence-corrected chi connectivity index (χ3v) is 5.40. The van der Waals surface area contributed by atoms with Gasteiger partial charge in [-0.2, -0.15) is 0 Å². The molecule has 1 aromatic rings. The van der Waals surface area contributed by atoms with E-state index in [9.17, 15) is 4.79 Å². The van der Waals surface area contributed by atoms with Crippen LogP contribution >= 0.6 is 35.3 Å². The van der Waals surface area contributed by atoms with Crippen LogP contribution in [-0.2, 0) is 11.3 Å². The van der Waals surface area contributed by atoms with Gasteiger partial charge in [-0.05, 0) is 26.7 Å². The van der Waals surface area contributed by atoms with Crippen molar-refractivity contribution >= 4 is 47.4 Å². The number of aromatic nitrogens is 1. The average molecular weight is 553 g/mol. The predicted molar refractivity (Wildman–Crippen MR) is 134 cm³/mol. The summed E-state index contributed by atoms with van der Waals surface area (Å²) >= 11 is 1.68. The van der Waals surface area contributed by atoms with Gasteiger partial charge in [-0.15, -0.1) is 35.3 Å². The van der Waals surface area contributed by atoms with Crippen LogP contribution in [0.15, 0.2) is 10.4 Å². The summed E-state index contributed by atoms with van der Waals surface area (Å²) in [4.78, 5) is 25.2. The number of amides is 1. The number of nitrogens with one attached hydrogen (secondary N) is 2. The van der Waals surface area contributed by atoms with Crippen LogP contribution in [0, 0.1) is 0 Å². The number of nitrogens with zero attached hydrogens (tertiary/aromatic N) is 4. The zero-order valence-electron chi connectivity index (χ0n) is 19.0. The van der Waals surface area contributed by atoms with Gasteiger partial charge < -0.3 is 20.3 Å². The summed E-state index contributed by atoms with van der Waals surface area (Å²) in [5.41, 5.74) is 0.691. The first-order valence-electron chi connectivity index (χ1n) is 10.3. The highest BCUT2D eigenvalue weighted by Gasteiger charge is 2.25. The lowest BCUT2D eigenvalue weighted by Gasteiger charge is -2.35. The van der Waals surface area contributed by atoms with Crippen LogP contribution < -0.4 is 10.6 Å². The Labute approximate surface area is 201 Å².